The lowest BCUT2D eigenvalue weighted by atomic mass is 10.0. The van der Waals surface area contributed by atoms with E-state index >= 15 is 0 Å². The molecule has 0 heterocycles. The summed E-state index contributed by atoms with van der Waals surface area (Å²) in [5.41, 5.74) is 0. The second kappa shape index (κ2) is 19.4. The van der Waals surface area contributed by atoms with E-state index in [1.54, 1.807) is 0 Å². The average molecular weight is 384 g/mol. The number of hydrogen-bond donors (Lipinski definition) is 2. The van der Waals surface area contributed by atoms with E-state index in [0.29, 0.717) is 6.42 Å². The molecule has 0 bridgehead atoms. The molecule has 0 aliphatic carbocycles. The molecule has 0 atom stereocenters. The summed E-state index contributed by atoms with van der Waals surface area (Å²) in [5.74, 6) is -1.82. The van der Waals surface area contributed by atoms with E-state index in [4.69, 9.17) is 5.11 Å². The molecule has 0 aliphatic rings. The molecule has 0 radical (unpaired) electrons. The van der Waals surface area contributed by atoms with Crippen molar-refractivity contribution in [3.05, 3.63) is 0 Å². The number of carboxylic acids is 1. The molecule has 0 rings (SSSR count). The molecule has 0 aliphatic heterocycles. The lowest BCUT2D eigenvalue weighted by Gasteiger charge is -2.04. The standard InChI is InChI=1S/C22H41NO4/c1-2-3-4-5-6-7-8-9-10-11-12-13-14-15-16-17-20(24)23-21(25)18-19-22(26)27/h2-19H2,1H3,(H,26,27)(H,23,24,25). The maximum Gasteiger partial charge on any atom is 0.303 e. The van der Waals surface area contributed by atoms with Gasteiger partial charge in [-0.2, -0.15) is 0 Å². The van der Waals surface area contributed by atoms with Gasteiger partial charge in [0.2, 0.25) is 11.8 Å². The van der Waals surface area contributed by atoms with Gasteiger partial charge >= 0.3 is 5.97 Å². The van der Waals surface area contributed by atoms with Gasteiger partial charge in [0.15, 0.2) is 0 Å². The van der Waals surface area contributed by atoms with Crippen LogP contribution in [-0.2, 0) is 14.4 Å². The Morgan fingerprint density at radius 2 is 0.926 bits per heavy atom. The van der Waals surface area contributed by atoms with Gasteiger partial charge in [0.25, 0.3) is 0 Å². The summed E-state index contributed by atoms with van der Waals surface area (Å²) in [6.45, 7) is 2.26. The number of amides is 2. The number of carboxylic acid groups (broad SMARTS) is 1. The summed E-state index contributed by atoms with van der Waals surface area (Å²) in [4.78, 5) is 33.2. The Labute approximate surface area is 165 Å². The van der Waals surface area contributed by atoms with Gasteiger partial charge in [-0.15, -0.1) is 0 Å². The normalized spacial score (nSPS) is 10.7. The minimum absolute atomic E-state index is 0.139. The molecule has 2 amide bonds. The Bertz CT molecular complexity index is 396. The van der Waals surface area contributed by atoms with Crippen LogP contribution in [0.15, 0.2) is 0 Å². The molecule has 5 nitrogen and oxygen atoms in total. The first-order valence-corrected chi connectivity index (χ1v) is 11.1. The zero-order valence-electron chi connectivity index (χ0n) is 17.4. The van der Waals surface area contributed by atoms with E-state index in [1.807, 2.05) is 0 Å². The minimum atomic E-state index is -1.03. The molecular formula is C22H41NO4. The second-order valence-corrected chi connectivity index (χ2v) is 7.56. The van der Waals surface area contributed by atoms with Gasteiger partial charge in [-0.25, -0.2) is 0 Å². The van der Waals surface area contributed by atoms with Crippen molar-refractivity contribution in [1.82, 2.24) is 5.32 Å². The van der Waals surface area contributed by atoms with E-state index in [-0.39, 0.29) is 18.7 Å². The van der Waals surface area contributed by atoms with Gasteiger partial charge in [0, 0.05) is 12.8 Å². The lowest BCUT2D eigenvalue weighted by Crippen LogP contribution is -2.30. The molecule has 0 saturated heterocycles. The van der Waals surface area contributed by atoms with Crippen LogP contribution in [0, 0.1) is 0 Å². The van der Waals surface area contributed by atoms with Crippen LogP contribution in [0.25, 0.3) is 0 Å². The van der Waals surface area contributed by atoms with Crippen molar-refractivity contribution in [3.8, 4) is 0 Å². The number of hydrogen-bond acceptors (Lipinski definition) is 3. The van der Waals surface area contributed by atoms with Crippen LogP contribution in [0.2, 0.25) is 0 Å². The third-order valence-electron chi connectivity index (χ3n) is 4.85. The summed E-state index contributed by atoms with van der Waals surface area (Å²) in [6, 6.07) is 0. The van der Waals surface area contributed by atoms with Crippen molar-refractivity contribution >= 4 is 17.8 Å². The third-order valence-corrected chi connectivity index (χ3v) is 4.85. The molecule has 0 aromatic rings. The van der Waals surface area contributed by atoms with E-state index in [9.17, 15) is 14.4 Å². The molecule has 27 heavy (non-hydrogen) atoms. The van der Waals surface area contributed by atoms with Crippen LogP contribution in [0.3, 0.4) is 0 Å². The van der Waals surface area contributed by atoms with Gasteiger partial charge in [-0.3, -0.25) is 19.7 Å². The van der Waals surface area contributed by atoms with Crippen molar-refractivity contribution in [2.75, 3.05) is 0 Å². The van der Waals surface area contributed by atoms with Crippen LogP contribution in [0.4, 0.5) is 0 Å². The predicted molar refractivity (Wildman–Crippen MR) is 110 cm³/mol. The number of unbranched alkanes of at least 4 members (excludes halogenated alkanes) is 14. The third kappa shape index (κ3) is 20.8. The monoisotopic (exact) mass is 383 g/mol. The molecule has 2 N–H and O–H groups in total. The minimum Gasteiger partial charge on any atom is -0.481 e. The molecular weight excluding hydrogens is 342 g/mol. The first kappa shape index (κ1) is 25.6. The predicted octanol–water partition coefficient (Wildman–Crippen LogP) is 5.76. The van der Waals surface area contributed by atoms with Crippen molar-refractivity contribution < 1.29 is 19.5 Å². The first-order valence-electron chi connectivity index (χ1n) is 11.1. The zero-order valence-corrected chi connectivity index (χ0v) is 17.4. The van der Waals surface area contributed by atoms with Gasteiger partial charge in [0.1, 0.15) is 0 Å². The number of carbonyl (C=O) groups excluding carboxylic acids is 2. The fourth-order valence-electron chi connectivity index (χ4n) is 3.16. The maximum absolute atomic E-state index is 11.6. The lowest BCUT2D eigenvalue weighted by molar-refractivity contribution is -0.140. The highest BCUT2D eigenvalue weighted by atomic mass is 16.4. The maximum atomic E-state index is 11.6. The van der Waals surface area contributed by atoms with Crippen molar-refractivity contribution in [2.24, 2.45) is 0 Å². The van der Waals surface area contributed by atoms with Crippen LogP contribution < -0.4 is 5.32 Å². The molecule has 0 aromatic carbocycles. The van der Waals surface area contributed by atoms with Gasteiger partial charge in [-0.05, 0) is 6.42 Å². The highest BCUT2D eigenvalue weighted by Gasteiger charge is 2.09. The fraction of sp³-hybridized carbons (Fsp3) is 0.864. The SMILES string of the molecule is CCCCCCCCCCCCCCCCCC(=O)NC(=O)CCC(=O)O. The van der Waals surface area contributed by atoms with Gasteiger partial charge < -0.3 is 5.11 Å². The molecule has 158 valence electrons. The summed E-state index contributed by atoms with van der Waals surface area (Å²) in [6.07, 6.45) is 19.1. The Kier molecular flexibility index (Phi) is 18.4. The molecule has 0 aromatic heterocycles. The Balaban J connectivity index is 3.25. The van der Waals surface area contributed by atoms with Crippen molar-refractivity contribution in [2.45, 2.75) is 122 Å². The zero-order chi connectivity index (χ0) is 20.2. The molecule has 0 spiro atoms. The fourth-order valence-corrected chi connectivity index (χ4v) is 3.16. The number of aliphatic carboxylic acids is 1. The van der Waals surface area contributed by atoms with Crippen molar-refractivity contribution in [1.29, 1.82) is 0 Å². The largest absolute Gasteiger partial charge is 0.481 e. The van der Waals surface area contributed by atoms with Crippen molar-refractivity contribution in [3.63, 3.8) is 0 Å². The number of nitrogens with one attached hydrogen (secondary N) is 1. The van der Waals surface area contributed by atoms with Gasteiger partial charge in [-0.1, -0.05) is 96.8 Å². The summed E-state index contributed by atoms with van der Waals surface area (Å²) in [7, 11) is 0. The topological polar surface area (TPSA) is 83.5 Å². The summed E-state index contributed by atoms with van der Waals surface area (Å²) < 4.78 is 0. The van der Waals surface area contributed by atoms with E-state index in [1.165, 1.54) is 77.0 Å². The van der Waals surface area contributed by atoms with Crippen LogP contribution >= 0.6 is 0 Å². The van der Waals surface area contributed by atoms with Crippen LogP contribution in [0.1, 0.15) is 122 Å². The Hall–Kier alpha value is -1.39. The highest BCUT2D eigenvalue weighted by Crippen LogP contribution is 2.13. The number of imide groups is 1. The average Bonchev–Trinajstić information content (AvgIpc) is 2.63. The molecule has 0 fully saturated rings. The second-order valence-electron chi connectivity index (χ2n) is 7.56. The first-order chi connectivity index (χ1) is 13.1. The van der Waals surface area contributed by atoms with E-state index < -0.39 is 11.9 Å². The highest BCUT2D eigenvalue weighted by molar-refractivity contribution is 5.95. The van der Waals surface area contributed by atoms with Gasteiger partial charge in [0.05, 0.1) is 6.42 Å². The smallest absolute Gasteiger partial charge is 0.303 e. The van der Waals surface area contributed by atoms with Crippen LogP contribution in [0.5, 0.6) is 0 Å². The van der Waals surface area contributed by atoms with E-state index in [2.05, 4.69) is 12.2 Å². The molecule has 0 saturated carbocycles. The number of carbonyl (C=O) groups is 3. The molecule has 5 heteroatoms. The quantitative estimate of drug-likeness (QED) is 0.278. The Morgan fingerprint density at radius 3 is 1.33 bits per heavy atom. The number of rotatable bonds is 19. The summed E-state index contributed by atoms with van der Waals surface area (Å²) in [5, 5.41) is 10.7. The Morgan fingerprint density at radius 1 is 0.556 bits per heavy atom. The van der Waals surface area contributed by atoms with Crippen LogP contribution in [-0.4, -0.2) is 22.9 Å². The molecule has 0 unspecified atom stereocenters. The van der Waals surface area contributed by atoms with E-state index in [0.717, 1.165) is 19.3 Å². The summed E-state index contributed by atoms with van der Waals surface area (Å²) >= 11 is 0.